The Labute approximate surface area is 189 Å². The number of carboxylic acid groups (broad SMARTS) is 1. The summed E-state index contributed by atoms with van der Waals surface area (Å²) in [4.78, 5) is 36.0. The Morgan fingerprint density at radius 3 is 2.48 bits per heavy atom. The molecule has 0 aromatic carbocycles. The number of carbonyl (C=O) groups excluding carboxylic acids is 2. The predicted molar refractivity (Wildman–Crippen MR) is 121 cm³/mol. The van der Waals surface area contributed by atoms with Crippen molar-refractivity contribution in [2.45, 2.75) is 89.9 Å². The minimum absolute atomic E-state index is 0.0166. The van der Waals surface area contributed by atoms with E-state index in [0.29, 0.717) is 30.6 Å². The highest BCUT2D eigenvalue weighted by Gasteiger charge is 2.64. The Morgan fingerprint density at radius 1 is 1.16 bits per heavy atom. The number of allylic oxidation sites excluding steroid dienone is 1. The van der Waals surface area contributed by atoms with E-state index in [2.05, 4.69) is 13.8 Å². The predicted octanol–water partition coefficient (Wildman–Crippen LogP) is 4.62. The van der Waals surface area contributed by atoms with Crippen molar-refractivity contribution >= 4 is 28.6 Å². The Morgan fingerprint density at radius 2 is 1.84 bits per heavy atom. The van der Waals surface area contributed by atoms with Crippen LogP contribution in [0.4, 0.5) is 0 Å². The van der Waals surface area contributed by atoms with Gasteiger partial charge in [-0.2, -0.15) is 0 Å². The number of fused-ring (bicyclic) bond motifs is 5. The van der Waals surface area contributed by atoms with Gasteiger partial charge in [0, 0.05) is 13.3 Å². The molecule has 3 saturated carbocycles. The first-order chi connectivity index (χ1) is 14.4. The van der Waals surface area contributed by atoms with E-state index in [1.165, 1.54) is 12.5 Å². The minimum atomic E-state index is -0.934. The highest BCUT2D eigenvalue weighted by Crippen LogP contribution is 2.69. The summed E-state index contributed by atoms with van der Waals surface area (Å²) < 4.78 is 0. The smallest absolute Gasteiger partial charge is 0.317 e. The van der Waals surface area contributed by atoms with E-state index in [9.17, 15) is 24.6 Å². The lowest BCUT2D eigenvalue weighted by molar-refractivity contribution is -0.141. The molecule has 172 valence electrons. The van der Waals surface area contributed by atoms with E-state index >= 15 is 0 Å². The van der Waals surface area contributed by atoms with Gasteiger partial charge in [-0.05, 0) is 92.4 Å². The summed E-state index contributed by atoms with van der Waals surface area (Å²) in [5.74, 6) is 0.422. The maximum Gasteiger partial charge on any atom is 0.317 e. The number of ketones is 1. The lowest BCUT2D eigenvalue weighted by Crippen LogP contribution is -2.56. The molecular weight excluding hydrogens is 412 g/mol. The quantitative estimate of drug-likeness (QED) is 0.652. The summed E-state index contributed by atoms with van der Waals surface area (Å²) in [5.41, 5.74) is 0.311. The van der Waals surface area contributed by atoms with E-state index in [1.807, 2.05) is 13.0 Å². The van der Waals surface area contributed by atoms with Crippen LogP contribution in [0.1, 0.15) is 79.1 Å². The first kappa shape index (κ1) is 23.0. The van der Waals surface area contributed by atoms with Gasteiger partial charge in [0.25, 0.3) is 0 Å². The molecule has 0 radical (unpaired) electrons. The molecule has 5 nitrogen and oxygen atoms in total. The zero-order valence-corrected chi connectivity index (χ0v) is 20.0. The molecule has 0 aromatic heterocycles. The molecule has 0 bridgehead atoms. The number of carbonyl (C=O) groups is 3. The molecule has 0 aliphatic heterocycles. The van der Waals surface area contributed by atoms with Crippen LogP contribution in [-0.4, -0.2) is 37.9 Å². The van der Waals surface area contributed by atoms with E-state index in [-0.39, 0.29) is 27.6 Å². The number of hydrogen-bond donors (Lipinski definition) is 2. The van der Waals surface area contributed by atoms with Crippen molar-refractivity contribution in [3.05, 3.63) is 11.6 Å². The van der Waals surface area contributed by atoms with Crippen molar-refractivity contribution in [3.63, 3.8) is 0 Å². The zero-order valence-electron chi connectivity index (χ0n) is 19.1. The monoisotopic (exact) mass is 448 g/mol. The molecule has 3 fully saturated rings. The van der Waals surface area contributed by atoms with Crippen LogP contribution in [0, 0.1) is 34.5 Å². The van der Waals surface area contributed by atoms with Gasteiger partial charge in [-0.15, -0.1) is 0 Å². The molecule has 4 aliphatic rings. The van der Waals surface area contributed by atoms with Gasteiger partial charge in [-0.1, -0.05) is 31.2 Å². The third kappa shape index (κ3) is 3.62. The Balaban J connectivity index is 1.74. The van der Waals surface area contributed by atoms with Crippen LogP contribution in [0.25, 0.3) is 0 Å². The third-order valence-corrected chi connectivity index (χ3v) is 10.8. The van der Waals surface area contributed by atoms with E-state index in [0.717, 1.165) is 50.3 Å². The largest absolute Gasteiger partial charge is 0.480 e. The molecule has 2 N–H and O–H groups in total. The van der Waals surface area contributed by atoms with E-state index in [1.54, 1.807) is 0 Å². The normalized spacial score (nSPS) is 45.2. The van der Waals surface area contributed by atoms with Crippen LogP contribution in [0.5, 0.6) is 0 Å². The highest BCUT2D eigenvalue weighted by molar-refractivity contribution is 8.14. The Bertz CT molecular complexity index is 832. The minimum Gasteiger partial charge on any atom is -0.480 e. The van der Waals surface area contributed by atoms with E-state index in [4.69, 9.17) is 0 Å². The second-order valence-electron chi connectivity index (χ2n) is 11.2. The molecule has 0 heterocycles. The van der Waals surface area contributed by atoms with Crippen molar-refractivity contribution in [2.75, 3.05) is 0 Å². The fraction of sp³-hybridized carbons (Fsp3) is 0.800. The molecule has 0 amide bonds. The number of thioether (sulfide) groups is 1. The third-order valence-electron chi connectivity index (χ3n) is 9.80. The Kier molecular flexibility index (Phi) is 5.74. The van der Waals surface area contributed by atoms with Gasteiger partial charge in [0.2, 0.25) is 0 Å². The molecular formula is C25H36O5S. The Hall–Kier alpha value is -1.14. The molecule has 4 aliphatic carbocycles. The molecule has 8 atom stereocenters. The topological polar surface area (TPSA) is 91.7 Å². The number of hydrogen-bond acceptors (Lipinski definition) is 5. The molecule has 6 heteroatoms. The van der Waals surface area contributed by atoms with Crippen LogP contribution in [0.15, 0.2) is 11.6 Å². The molecule has 4 rings (SSSR count). The zero-order chi connectivity index (χ0) is 22.8. The first-order valence-electron chi connectivity index (χ1n) is 11.8. The van der Waals surface area contributed by atoms with Crippen molar-refractivity contribution in [1.29, 1.82) is 0 Å². The van der Waals surface area contributed by atoms with Crippen LogP contribution in [-0.2, 0) is 14.4 Å². The lowest BCUT2D eigenvalue weighted by atomic mass is 9.44. The number of carboxylic acids is 1. The molecule has 0 aromatic rings. The number of aliphatic hydroxyl groups is 1. The average molecular weight is 449 g/mol. The van der Waals surface area contributed by atoms with Crippen molar-refractivity contribution in [1.82, 2.24) is 0 Å². The van der Waals surface area contributed by atoms with Crippen molar-refractivity contribution < 1.29 is 24.6 Å². The highest BCUT2D eigenvalue weighted by atomic mass is 32.2. The van der Waals surface area contributed by atoms with Gasteiger partial charge in [0.15, 0.2) is 10.9 Å². The SMILES string of the molecule is CC(=O)SC(CC1CC2=CC(=O)CC[C@]2(C)[C@@H]2CC[C@@]3(C)[C@@H](CCC3(C)O)[C@H]12)C(=O)O. The van der Waals surface area contributed by atoms with Crippen LogP contribution < -0.4 is 0 Å². The number of rotatable bonds is 4. The fourth-order valence-electron chi connectivity index (χ4n) is 7.86. The molecule has 3 unspecified atom stereocenters. The fourth-order valence-corrected chi connectivity index (χ4v) is 8.71. The summed E-state index contributed by atoms with van der Waals surface area (Å²) >= 11 is 0.920. The van der Waals surface area contributed by atoms with Gasteiger partial charge in [-0.25, -0.2) is 0 Å². The average Bonchev–Trinajstić information content (AvgIpc) is 2.91. The molecule has 0 spiro atoms. The maximum atomic E-state index is 12.3. The molecule has 31 heavy (non-hydrogen) atoms. The summed E-state index contributed by atoms with van der Waals surface area (Å²) in [7, 11) is 0. The number of aliphatic carboxylic acids is 1. The van der Waals surface area contributed by atoms with Crippen molar-refractivity contribution in [3.8, 4) is 0 Å². The van der Waals surface area contributed by atoms with E-state index < -0.39 is 16.8 Å². The van der Waals surface area contributed by atoms with Crippen LogP contribution >= 0.6 is 11.8 Å². The summed E-state index contributed by atoms with van der Waals surface area (Å²) in [6, 6.07) is 0. The standard InChI is InChI=1S/C25H36O5S/c1-14(26)31-20(22(28)29)12-15-11-16-13-17(27)5-8-23(16,2)18-6-9-24(3)19(21(15)18)7-10-25(24,4)30/h13,15,18-21,30H,5-12H2,1-4H3,(H,28,29)/t15?,18-,19+,20?,21-,23+,24+,25?/m1/s1. The van der Waals surface area contributed by atoms with Crippen molar-refractivity contribution in [2.24, 2.45) is 34.5 Å². The second-order valence-corrected chi connectivity index (χ2v) is 12.6. The van der Waals surface area contributed by atoms with Crippen LogP contribution in [0.3, 0.4) is 0 Å². The first-order valence-corrected chi connectivity index (χ1v) is 12.6. The maximum absolute atomic E-state index is 12.3. The molecule has 0 saturated heterocycles. The lowest BCUT2D eigenvalue weighted by Gasteiger charge is -2.61. The van der Waals surface area contributed by atoms with Gasteiger partial charge in [0.05, 0.1) is 5.60 Å². The summed E-state index contributed by atoms with van der Waals surface area (Å²) in [5, 5.41) is 20.1. The van der Waals surface area contributed by atoms with Crippen LogP contribution in [0.2, 0.25) is 0 Å². The van der Waals surface area contributed by atoms with Gasteiger partial charge in [-0.3, -0.25) is 14.4 Å². The summed E-state index contributed by atoms with van der Waals surface area (Å²) in [6.07, 6.45) is 8.21. The van der Waals surface area contributed by atoms with Gasteiger partial charge in [0.1, 0.15) is 5.25 Å². The van der Waals surface area contributed by atoms with Gasteiger partial charge < -0.3 is 10.2 Å². The summed E-state index contributed by atoms with van der Waals surface area (Å²) in [6.45, 7) is 7.95. The second kappa shape index (κ2) is 7.72. The van der Waals surface area contributed by atoms with Gasteiger partial charge >= 0.3 is 5.97 Å².